The fourth-order valence-corrected chi connectivity index (χ4v) is 4.08. The van der Waals surface area contributed by atoms with E-state index in [0.29, 0.717) is 6.54 Å². The Hall–Kier alpha value is -2.32. The summed E-state index contributed by atoms with van der Waals surface area (Å²) >= 11 is 0. The van der Waals surface area contributed by atoms with Gasteiger partial charge in [-0.15, -0.1) is 0 Å². The molecule has 0 bridgehead atoms. The van der Waals surface area contributed by atoms with Gasteiger partial charge < -0.3 is 15.4 Å². The number of carbonyl (C=O) groups excluding carboxylic acids is 2. The van der Waals surface area contributed by atoms with Crippen LogP contribution in [-0.2, 0) is 4.79 Å². The summed E-state index contributed by atoms with van der Waals surface area (Å²) in [5, 5.41) is 0. The smallest absolute Gasteiger partial charge is 0.391 e. The van der Waals surface area contributed by atoms with Gasteiger partial charge in [-0.2, -0.15) is 13.2 Å². The van der Waals surface area contributed by atoms with E-state index in [9.17, 15) is 22.8 Å². The van der Waals surface area contributed by atoms with Gasteiger partial charge in [-0.25, -0.2) is 4.98 Å². The molecule has 0 aromatic carbocycles. The predicted octanol–water partition coefficient (Wildman–Crippen LogP) is 2.92. The third-order valence-electron chi connectivity index (χ3n) is 5.63. The molecule has 1 aromatic rings. The Morgan fingerprint density at radius 2 is 1.93 bits per heavy atom. The van der Waals surface area contributed by atoms with Crippen molar-refractivity contribution in [2.24, 2.45) is 17.6 Å². The van der Waals surface area contributed by atoms with Gasteiger partial charge in [-0.3, -0.25) is 9.59 Å². The van der Waals surface area contributed by atoms with Crippen LogP contribution in [0.4, 0.5) is 13.2 Å². The molecule has 3 rings (SSSR count). The van der Waals surface area contributed by atoms with E-state index in [0.717, 1.165) is 12.8 Å². The molecule has 2 amide bonds. The Morgan fingerprint density at radius 3 is 2.57 bits per heavy atom. The first-order valence-electron chi connectivity index (χ1n) is 9.52. The Bertz CT molecular complexity index is 718. The molecule has 154 valence electrons. The first-order chi connectivity index (χ1) is 13.3. The first-order valence-corrected chi connectivity index (χ1v) is 9.52. The molecule has 2 fully saturated rings. The zero-order chi connectivity index (χ0) is 20.3. The van der Waals surface area contributed by atoms with Gasteiger partial charge in [0.25, 0.3) is 5.91 Å². The van der Waals surface area contributed by atoms with E-state index in [1.54, 1.807) is 17.0 Å². The lowest BCUT2D eigenvalue weighted by molar-refractivity contribution is -0.185. The molecule has 28 heavy (non-hydrogen) atoms. The van der Waals surface area contributed by atoms with Gasteiger partial charge in [-0.1, -0.05) is 0 Å². The molecule has 9 heteroatoms. The number of pyridine rings is 1. The first kappa shape index (κ1) is 20.4. The monoisotopic (exact) mass is 399 g/mol. The Kier molecular flexibility index (Phi) is 6.10. The summed E-state index contributed by atoms with van der Waals surface area (Å²) in [5.74, 6) is -2.18. The number of alkyl halides is 3. The van der Waals surface area contributed by atoms with E-state index < -0.39 is 18.0 Å². The molecule has 2 aliphatic rings. The van der Waals surface area contributed by atoms with Gasteiger partial charge in [-0.05, 0) is 50.7 Å². The molecule has 1 aliphatic carbocycles. The second kappa shape index (κ2) is 8.36. The van der Waals surface area contributed by atoms with Crippen LogP contribution in [0.3, 0.4) is 0 Å². The summed E-state index contributed by atoms with van der Waals surface area (Å²) in [6, 6.07) is 3.04. The number of likely N-dealkylation sites (tertiary alicyclic amines) is 1. The molecule has 6 nitrogen and oxygen atoms in total. The number of hydrogen-bond donors (Lipinski definition) is 1. The maximum atomic E-state index is 12.9. The number of rotatable bonds is 5. The van der Waals surface area contributed by atoms with Gasteiger partial charge in [0.2, 0.25) is 5.91 Å². The van der Waals surface area contributed by atoms with Crippen LogP contribution in [0.1, 0.15) is 49.0 Å². The number of carbonyl (C=O) groups is 2. The van der Waals surface area contributed by atoms with Crippen molar-refractivity contribution in [1.29, 1.82) is 0 Å². The lowest BCUT2D eigenvalue weighted by Gasteiger charge is -2.33. The van der Waals surface area contributed by atoms with Crippen molar-refractivity contribution in [2.75, 3.05) is 13.2 Å². The summed E-state index contributed by atoms with van der Waals surface area (Å²) in [7, 11) is 0. The van der Waals surface area contributed by atoms with Crippen molar-refractivity contribution >= 4 is 11.8 Å². The third-order valence-corrected chi connectivity index (χ3v) is 5.63. The average Bonchev–Trinajstić information content (AvgIpc) is 3.14. The van der Waals surface area contributed by atoms with Crippen LogP contribution in [0.5, 0.6) is 5.75 Å². The van der Waals surface area contributed by atoms with Crippen LogP contribution in [0.25, 0.3) is 0 Å². The van der Waals surface area contributed by atoms with Gasteiger partial charge in [0.1, 0.15) is 6.61 Å². The van der Waals surface area contributed by atoms with Crippen LogP contribution < -0.4 is 10.5 Å². The second-order valence-corrected chi connectivity index (χ2v) is 7.44. The average molecular weight is 399 g/mol. The zero-order valence-electron chi connectivity index (χ0n) is 15.5. The van der Waals surface area contributed by atoms with Crippen LogP contribution >= 0.6 is 0 Å². The lowest BCUT2D eigenvalue weighted by Crippen LogP contribution is -2.44. The van der Waals surface area contributed by atoms with Gasteiger partial charge in [0.05, 0.1) is 12.0 Å². The highest BCUT2D eigenvalue weighted by Crippen LogP contribution is 2.40. The molecule has 1 atom stereocenters. The van der Waals surface area contributed by atoms with Gasteiger partial charge >= 0.3 is 6.18 Å². The summed E-state index contributed by atoms with van der Waals surface area (Å²) in [6.45, 7) is 0.761. The minimum absolute atomic E-state index is 0.00652. The summed E-state index contributed by atoms with van der Waals surface area (Å²) in [6.07, 6.45) is -0.638. The van der Waals surface area contributed by atoms with E-state index in [4.69, 9.17) is 10.5 Å². The number of nitrogens with zero attached hydrogens (tertiary/aromatic N) is 2. The minimum atomic E-state index is -4.18. The minimum Gasteiger partial charge on any atom is -0.489 e. The number of aromatic nitrogens is 1. The summed E-state index contributed by atoms with van der Waals surface area (Å²) in [4.78, 5) is 29.9. The highest BCUT2D eigenvalue weighted by atomic mass is 19.4. The highest BCUT2D eigenvalue weighted by molar-refractivity contribution is 5.93. The largest absolute Gasteiger partial charge is 0.489 e. The fourth-order valence-electron chi connectivity index (χ4n) is 4.08. The number of primary amides is 1. The van der Waals surface area contributed by atoms with Crippen LogP contribution in [0.2, 0.25) is 0 Å². The standard InChI is InChI=1S/C19H24F3N3O3/c20-19(21,22)13-7-5-12(6-8-13)18(27)25-10-2-3-14(25)11-28-15-4-1-9-24-16(15)17(23)26/h1,4,9,12-14H,2-3,5-8,10-11H2,(H2,23,26)/t12?,13?,14-/m0/s1. The molecule has 0 radical (unpaired) electrons. The van der Waals surface area contributed by atoms with E-state index >= 15 is 0 Å². The molecule has 2 N–H and O–H groups in total. The van der Waals surface area contributed by atoms with Gasteiger partial charge in [0, 0.05) is 18.7 Å². The number of halogens is 3. The molecule has 0 unspecified atom stereocenters. The van der Waals surface area contributed by atoms with Crippen molar-refractivity contribution < 1.29 is 27.5 Å². The molecule has 1 saturated carbocycles. The van der Waals surface area contributed by atoms with Crippen molar-refractivity contribution in [1.82, 2.24) is 9.88 Å². The quantitative estimate of drug-likeness (QED) is 0.825. The number of nitrogens with two attached hydrogens (primary N) is 1. The number of ether oxygens (including phenoxy) is 1. The molecule has 1 aliphatic heterocycles. The van der Waals surface area contributed by atoms with Crippen molar-refractivity contribution in [3.8, 4) is 5.75 Å². The fraction of sp³-hybridized carbons (Fsp3) is 0.632. The Morgan fingerprint density at radius 1 is 1.21 bits per heavy atom. The molecule has 1 aromatic heterocycles. The lowest BCUT2D eigenvalue weighted by atomic mass is 9.81. The van der Waals surface area contributed by atoms with Gasteiger partial charge in [0.15, 0.2) is 11.4 Å². The summed E-state index contributed by atoms with van der Waals surface area (Å²) < 4.78 is 44.2. The Balaban J connectivity index is 1.58. The Labute approximate surface area is 161 Å². The molecular weight excluding hydrogens is 375 g/mol. The third kappa shape index (κ3) is 4.56. The molecule has 1 saturated heterocycles. The topological polar surface area (TPSA) is 85.5 Å². The highest BCUT2D eigenvalue weighted by Gasteiger charge is 2.44. The maximum absolute atomic E-state index is 12.9. The van der Waals surface area contributed by atoms with Crippen LogP contribution in [0, 0.1) is 11.8 Å². The van der Waals surface area contributed by atoms with E-state index in [1.807, 2.05) is 0 Å². The zero-order valence-corrected chi connectivity index (χ0v) is 15.5. The van der Waals surface area contributed by atoms with Crippen molar-refractivity contribution in [3.63, 3.8) is 0 Å². The summed E-state index contributed by atoms with van der Waals surface area (Å²) in [5.41, 5.74) is 5.32. The van der Waals surface area contributed by atoms with E-state index in [1.165, 1.54) is 6.20 Å². The normalized spacial score (nSPS) is 25.5. The van der Waals surface area contributed by atoms with E-state index in [-0.39, 0.29) is 61.6 Å². The van der Waals surface area contributed by atoms with Crippen LogP contribution in [0.15, 0.2) is 18.3 Å². The van der Waals surface area contributed by atoms with Crippen molar-refractivity contribution in [2.45, 2.75) is 50.7 Å². The predicted molar refractivity (Wildman–Crippen MR) is 94.5 cm³/mol. The number of amides is 2. The molecule has 0 spiro atoms. The number of hydrogen-bond acceptors (Lipinski definition) is 4. The SMILES string of the molecule is NC(=O)c1ncccc1OC[C@@H]1CCCN1C(=O)C1CCC(C(F)(F)F)CC1. The maximum Gasteiger partial charge on any atom is 0.391 e. The van der Waals surface area contributed by atoms with E-state index in [2.05, 4.69) is 4.98 Å². The van der Waals surface area contributed by atoms with Crippen molar-refractivity contribution in [3.05, 3.63) is 24.0 Å². The molecule has 2 heterocycles. The van der Waals surface area contributed by atoms with Crippen LogP contribution in [-0.4, -0.2) is 47.1 Å². The molecular formula is C19H24F3N3O3. The second-order valence-electron chi connectivity index (χ2n) is 7.44.